The van der Waals surface area contributed by atoms with Crippen molar-refractivity contribution in [2.45, 2.75) is 12.0 Å². The van der Waals surface area contributed by atoms with E-state index in [2.05, 4.69) is 22.4 Å². The molecule has 0 saturated heterocycles. The van der Waals surface area contributed by atoms with Crippen LogP contribution < -0.4 is 10.1 Å². The van der Waals surface area contributed by atoms with Crippen LogP contribution in [0.5, 0.6) is 5.75 Å². The molecular formula is C15H16N2O5. The van der Waals surface area contributed by atoms with Crippen molar-refractivity contribution in [2.24, 2.45) is 4.99 Å². The van der Waals surface area contributed by atoms with Gasteiger partial charge in [0.25, 0.3) is 0 Å². The van der Waals surface area contributed by atoms with Gasteiger partial charge >= 0.3 is 11.9 Å². The zero-order chi connectivity index (χ0) is 16.0. The zero-order valence-electron chi connectivity index (χ0n) is 11.7. The standard InChI is InChI=1S/C11H12N2O.C4H4O4/c1-2-4-10-9(3-1)5-11(7-14-10)6-12-8-13-11;5-3(6)1-2-4(7)8/h1-4,8H,5-7H2,(H,12,13);1-2H,(H,5,6)(H,7,8)/b;2-1+. The fraction of sp³-hybridized carbons (Fsp3) is 0.267. The lowest BCUT2D eigenvalue weighted by Crippen LogP contribution is -2.52. The van der Waals surface area contributed by atoms with Crippen molar-refractivity contribution in [2.75, 3.05) is 13.2 Å². The molecule has 1 atom stereocenters. The Labute approximate surface area is 126 Å². The van der Waals surface area contributed by atoms with Gasteiger partial charge in [0.1, 0.15) is 12.4 Å². The number of nitrogens with zero attached hydrogens (tertiary/aromatic N) is 1. The van der Waals surface area contributed by atoms with Crippen LogP contribution in [0.2, 0.25) is 0 Å². The number of carbonyl (C=O) groups is 2. The minimum absolute atomic E-state index is 0.0222. The summed E-state index contributed by atoms with van der Waals surface area (Å²) in [6, 6.07) is 8.21. The van der Waals surface area contributed by atoms with Gasteiger partial charge in [0, 0.05) is 18.6 Å². The molecule has 1 unspecified atom stereocenters. The van der Waals surface area contributed by atoms with E-state index in [4.69, 9.17) is 14.9 Å². The summed E-state index contributed by atoms with van der Waals surface area (Å²) in [6.45, 7) is 1.53. The number of fused-ring (bicyclic) bond motifs is 1. The Morgan fingerprint density at radius 1 is 1.23 bits per heavy atom. The molecule has 2 heterocycles. The highest BCUT2D eigenvalue weighted by atomic mass is 16.5. The first kappa shape index (κ1) is 15.6. The Morgan fingerprint density at radius 3 is 2.50 bits per heavy atom. The first-order valence-corrected chi connectivity index (χ1v) is 6.61. The third-order valence-electron chi connectivity index (χ3n) is 3.23. The van der Waals surface area contributed by atoms with Crippen LogP contribution in [-0.4, -0.2) is 47.2 Å². The molecule has 1 aromatic carbocycles. The number of rotatable bonds is 2. The topological polar surface area (TPSA) is 108 Å². The van der Waals surface area contributed by atoms with E-state index in [9.17, 15) is 9.59 Å². The third-order valence-corrected chi connectivity index (χ3v) is 3.23. The normalized spacial score (nSPS) is 21.5. The van der Waals surface area contributed by atoms with E-state index in [0.717, 1.165) is 18.7 Å². The van der Waals surface area contributed by atoms with Gasteiger partial charge in [-0.1, -0.05) is 18.2 Å². The molecule has 3 N–H and O–H groups in total. The van der Waals surface area contributed by atoms with E-state index in [1.165, 1.54) is 5.56 Å². The maximum atomic E-state index is 9.55. The maximum Gasteiger partial charge on any atom is 0.328 e. The van der Waals surface area contributed by atoms with Gasteiger partial charge in [0.15, 0.2) is 0 Å². The number of nitrogens with one attached hydrogen (secondary N) is 1. The second kappa shape index (κ2) is 6.75. The Hall–Kier alpha value is -2.83. The van der Waals surface area contributed by atoms with E-state index >= 15 is 0 Å². The molecule has 0 bridgehead atoms. The fourth-order valence-electron chi connectivity index (χ4n) is 2.21. The van der Waals surface area contributed by atoms with Gasteiger partial charge in [0.05, 0.1) is 18.4 Å². The molecule has 0 fully saturated rings. The molecular weight excluding hydrogens is 288 g/mol. The first-order chi connectivity index (χ1) is 10.5. The summed E-state index contributed by atoms with van der Waals surface area (Å²) in [5.41, 5.74) is 1.30. The second-order valence-electron chi connectivity index (χ2n) is 4.98. The number of carboxylic acids is 2. The van der Waals surface area contributed by atoms with Gasteiger partial charge in [-0.05, 0) is 11.6 Å². The molecule has 0 amide bonds. The van der Waals surface area contributed by atoms with E-state index in [1.807, 2.05) is 12.1 Å². The molecule has 116 valence electrons. The quantitative estimate of drug-likeness (QED) is 0.694. The Balaban J connectivity index is 0.000000192. The van der Waals surface area contributed by atoms with Crippen LogP contribution >= 0.6 is 0 Å². The Morgan fingerprint density at radius 2 is 1.91 bits per heavy atom. The van der Waals surface area contributed by atoms with Crippen molar-refractivity contribution in [3.05, 3.63) is 42.0 Å². The van der Waals surface area contributed by atoms with Gasteiger partial charge in [-0.25, -0.2) is 9.59 Å². The van der Waals surface area contributed by atoms with Gasteiger partial charge in [-0.2, -0.15) is 0 Å². The van der Waals surface area contributed by atoms with E-state index in [0.29, 0.717) is 18.8 Å². The minimum Gasteiger partial charge on any atom is -0.491 e. The smallest absolute Gasteiger partial charge is 0.328 e. The summed E-state index contributed by atoms with van der Waals surface area (Å²) in [4.78, 5) is 23.3. The zero-order valence-corrected chi connectivity index (χ0v) is 11.7. The molecule has 2 aliphatic rings. The van der Waals surface area contributed by atoms with E-state index in [-0.39, 0.29) is 5.54 Å². The number of benzene rings is 1. The lowest BCUT2D eigenvalue weighted by atomic mass is 9.90. The summed E-state index contributed by atoms with van der Waals surface area (Å²) in [5.74, 6) is -1.49. The summed E-state index contributed by atoms with van der Waals surface area (Å²) in [6.07, 6.45) is 3.91. The molecule has 0 aliphatic carbocycles. The van der Waals surface area contributed by atoms with Gasteiger partial charge in [0.2, 0.25) is 0 Å². The molecule has 1 spiro atoms. The highest BCUT2D eigenvalue weighted by Gasteiger charge is 2.36. The monoisotopic (exact) mass is 304 g/mol. The van der Waals surface area contributed by atoms with Crippen LogP contribution in [0.15, 0.2) is 41.4 Å². The van der Waals surface area contributed by atoms with Crippen molar-refractivity contribution in [1.82, 2.24) is 5.32 Å². The number of ether oxygens (including phenoxy) is 1. The summed E-state index contributed by atoms with van der Waals surface area (Å²) in [5, 5.41) is 18.9. The average Bonchev–Trinajstić information content (AvgIpc) is 2.94. The predicted molar refractivity (Wildman–Crippen MR) is 79.3 cm³/mol. The van der Waals surface area contributed by atoms with Crippen molar-refractivity contribution < 1.29 is 24.5 Å². The van der Waals surface area contributed by atoms with Crippen LogP contribution in [0.25, 0.3) is 0 Å². The molecule has 7 nitrogen and oxygen atoms in total. The lowest BCUT2D eigenvalue weighted by molar-refractivity contribution is -0.134. The Kier molecular flexibility index (Phi) is 4.77. The molecule has 2 aliphatic heterocycles. The number of aliphatic carboxylic acids is 2. The van der Waals surface area contributed by atoms with Crippen LogP contribution in [0.3, 0.4) is 0 Å². The predicted octanol–water partition coefficient (Wildman–Crippen LogP) is 0.704. The maximum absolute atomic E-state index is 9.55. The van der Waals surface area contributed by atoms with Gasteiger partial charge in [-0.3, -0.25) is 4.99 Å². The number of aliphatic imine (C=N–C) groups is 1. The summed E-state index contributed by atoms with van der Waals surface area (Å²) < 4.78 is 5.72. The highest BCUT2D eigenvalue weighted by molar-refractivity contribution is 5.89. The SMILES string of the molecule is C1=NCC2(COc3ccccc3C2)N1.O=C(O)/C=C/C(=O)O. The molecule has 3 rings (SSSR count). The Bertz CT molecular complexity index is 600. The van der Waals surface area contributed by atoms with Crippen LogP contribution in [0.4, 0.5) is 0 Å². The molecule has 0 aromatic heterocycles. The van der Waals surface area contributed by atoms with Gasteiger partial charge < -0.3 is 20.3 Å². The highest BCUT2D eigenvalue weighted by Crippen LogP contribution is 2.30. The summed E-state index contributed by atoms with van der Waals surface area (Å²) >= 11 is 0. The minimum atomic E-state index is -1.26. The number of hydrogen-bond acceptors (Lipinski definition) is 5. The number of para-hydroxylation sites is 1. The second-order valence-corrected chi connectivity index (χ2v) is 4.98. The molecule has 1 aromatic rings. The molecule has 0 radical (unpaired) electrons. The largest absolute Gasteiger partial charge is 0.491 e. The van der Waals surface area contributed by atoms with Crippen molar-refractivity contribution in [3.63, 3.8) is 0 Å². The summed E-state index contributed by atoms with van der Waals surface area (Å²) in [7, 11) is 0. The van der Waals surface area contributed by atoms with Crippen LogP contribution in [-0.2, 0) is 16.0 Å². The molecule has 22 heavy (non-hydrogen) atoms. The fourth-order valence-corrected chi connectivity index (χ4v) is 2.21. The lowest BCUT2D eigenvalue weighted by Gasteiger charge is -2.34. The van der Waals surface area contributed by atoms with Crippen molar-refractivity contribution in [3.8, 4) is 5.75 Å². The van der Waals surface area contributed by atoms with E-state index in [1.54, 1.807) is 6.34 Å². The number of hydrogen-bond donors (Lipinski definition) is 3. The van der Waals surface area contributed by atoms with Crippen molar-refractivity contribution in [1.29, 1.82) is 0 Å². The van der Waals surface area contributed by atoms with Crippen LogP contribution in [0, 0.1) is 0 Å². The first-order valence-electron chi connectivity index (χ1n) is 6.61. The molecule has 0 saturated carbocycles. The number of carboxylic acid groups (broad SMARTS) is 2. The average molecular weight is 304 g/mol. The molecule has 7 heteroatoms. The van der Waals surface area contributed by atoms with Crippen LogP contribution in [0.1, 0.15) is 5.56 Å². The van der Waals surface area contributed by atoms with Crippen molar-refractivity contribution >= 4 is 18.3 Å². The van der Waals surface area contributed by atoms with Gasteiger partial charge in [-0.15, -0.1) is 0 Å². The van der Waals surface area contributed by atoms with E-state index < -0.39 is 11.9 Å². The third kappa shape index (κ3) is 4.08.